The summed E-state index contributed by atoms with van der Waals surface area (Å²) >= 11 is 0. The lowest BCUT2D eigenvalue weighted by Gasteiger charge is -2.30. The number of aliphatic hydroxyl groups is 1. The minimum Gasteiger partial charge on any atom is -0.396 e. The van der Waals surface area contributed by atoms with Crippen LogP contribution in [0.15, 0.2) is 4.63 Å². The molecule has 1 saturated carbocycles. The topological polar surface area (TPSA) is 71.2 Å². The molecule has 1 aromatic rings. The van der Waals surface area contributed by atoms with E-state index in [0.29, 0.717) is 18.5 Å². The molecule has 1 aliphatic carbocycles. The van der Waals surface area contributed by atoms with E-state index in [0.717, 1.165) is 24.2 Å². The van der Waals surface area contributed by atoms with Crippen LogP contribution < -0.4 is 5.32 Å². The van der Waals surface area contributed by atoms with Gasteiger partial charge in [0.15, 0.2) is 0 Å². The molecule has 1 heterocycles. The van der Waals surface area contributed by atoms with Crippen LogP contribution in [0.5, 0.6) is 0 Å². The molecule has 0 aromatic carbocycles. The van der Waals surface area contributed by atoms with Crippen LogP contribution in [0, 0.1) is 12.8 Å². The van der Waals surface area contributed by atoms with Crippen LogP contribution >= 0.6 is 0 Å². The first-order chi connectivity index (χ1) is 7.81. The predicted molar refractivity (Wildman–Crippen MR) is 58.7 cm³/mol. The molecule has 0 saturated heterocycles. The summed E-state index contributed by atoms with van der Waals surface area (Å²) in [6.45, 7) is 2.84. The molecule has 1 aliphatic rings. The lowest BCUT2D eigenvalue weighted by molar-refractivity contribution is 0.152. The maximum Gasteiger partial charge on any atom is 0.121 e. The molecule has 90 valence electrons. The van der Waals surface area contributed by atoms with Crippen molar-refractivity contribution in [3.05, 3.63) is 11.4 Å². The van der Waals surface area contributed by atoms with Gasteiger partial charge < -0.3 is 10.4 Å². The molecule has 0 amide bonds. The van der Waals surface area contributed by atoms with Crippen molar-refractivity contribution in [1.82, 2.24) is 15.6 Å². The lowest BCUT2D eigenvalue weighted by atomic mass is 9.85. The van der Waals surface area contributed by atoms with E-state index >= 15 is 0 Å². The zero-order valence-corrected chi connectivity index (χ0v) is 9.65. The molecule has 16 heavy (non-hydrogen) atoms. The molecule has 2 unspecified atom stereocenters. The van der Waals surface area contributed by atoms with Gasteiger partial charge in [0.05, 0.1) is 0 Å². The van der Waals surface area contributed by atoms with Crippen molar-refractivity contribution in [3.63, 3.8) is 0 Å². The summed E-state index contributed by atoms with van der Waals surface area (Å²) in [6, 6.07) is 0.398. The van der Waals surface area contributed by atoms with E-state index in [4.69, 9.17) is 0 Å². The smallest absolute Gasteiger partial charge is 0.121 e. The van der Waals surface area contributed by atoms with Gasteiger partial charge in [0.25, 0.3) is 0 Å². The van der Waals surface area contributed by atoms with Gasteiger partial charge in [-0.25, -0.2) is 4.63 Å². The monoisotopic (exact) mass is 225 g/mol. The maximum atomic E-state index is 9.29. The van der Waals surface area contributed by atoms with E-state index < -0.39 is 0 Å². The second-order valence-electron chi connectivity index (χ2n) is 4.51. The van der Waals surface area contributed by atoms with Gasteiger partial charge in [0.2, 0.25) is 0 Å². The number of hydrogen-bond donors (Lipinski definition) is 2. The number of rotatable bonds is 4. The first-order valence-electron chi connectivity index (χ1n) is 5.93. The summed E-state index contributed by atoms with van der Waals surface area (Å²) in [5, 5.41) is 20.3. The summed E-state index contributed by atoms with van der Waals surface area (Å²) in [4.78, 5) is 0. The van der Waals surface area contributed by atoms with Gasteiger partial charge in [-0.2, -0.15) is 0 Å². The molecule has 1 fully saturated rings. The molecular formula is C11H19N3O2. The van der Waals surface area contributed by atoms with Gasteiger partial charge >= 0.3 is 0 Å². The molecule has 5 heteroatoms. The molecule has 2 rings (SSSR count). The summed E-state index contributed by atoms with van der Waals surface area (Å²) in [5.74, 6) is 0.383. The number of aliphatic hydroxyl groups excluding tert-OH is 1. The third-order valence-electron chi connectivity index (χ3n) is 3.42. The van der Waals surface area contributed by atoms with Crippen LogP contribution in [0.2, 0.25) is 0 Å². The Hall–Kier alpha value is -0.940. The van der Waals surface area contributed by atoms with Crippen LogP contribution in [-0.2, 0) is 6.54 Å². The first-order valence-corrected chi connectivity index (χ1v) is 5.93. The third kappa shape index (κ3) is 2.59. The fraction of sp³-hybridized carbons (Fsp3) is 0.818. The van der Waals surface area contributed by atoms with Crippen molar-refractivity contribution in [2.45, 2.75) is 45.2 Å². The Morgan fingerprint density at radius 1 is 1.38 bits per heavy atom. The molecule has 1 aromatic heterocycles. The van der Waals surface area contributed by atoms with E-state index in [1.807, 2.05) is 6.92 Å². The molecule has 0 radical (unpaired) electrons. The maximum absolute atomic E-state index is 9.29. The van der Waals surface area contributed by atoms with Gasteiger partial charge in [-0.3, -0.25) is 0 Å². The number of nitrogens with one attached hydrogen (secondary N) is 1. The van der Waals surface area contributed by atoms with E-state index in [-0.39, 0.29) is 6.61 Å². The van der Waals surface area contributed by atoms with Crippen molar-refractivity contribution in [1.29, 1.82) is 0 Å². The second kappa shape index (κ2) is 5.41. The fourth-order valence-electron chi connectivity index (χ4n) is 2.33. The van der Waals surface area contributed by atoms with Crippen LogP contribution in [-0.4, -0.2) is 28.1 Å². The van der Waals surface area contributed by atoms with Gasteiger partial charge in [-0.05, 0) is 25.7 Å². The van der Waals surface area contributed by atoms with Crippen molar-refractivity contribution >= 4 is 0 Å². The Labute approximate surface area is 95.2 Å². The van der Waals surface area contributed by atoms with Crippen LogP contribution in [0.4, 0.5) is 0 Å². The molecule has 0 aliphatic heterocycles. The zero-order valence-electron chi connectivity index (χ0n) is 9.65. The highest BCUT2D eigenvalue weighted by molar-refractivity contribution is 5.04. The number of nitrogens with zero attached hydrogens (tertiary/aromatic N) is 2. The Bertz CT molecular complexity index is 327. The van der Waals surface area contributed by atoms with Crippen molar-refractivity contribution < 1.29 is 9.74 Å². The number of hydrogen-bond acceptors (Lipinski definition) is 5. The molecule has 0 bridgehead atoms. The van der Waals surface area contributed by atoms with Gasteiger partial charge in [-0.15, -0.1) is 0 Å². The SMILES string of the molecule is Cc1nonc1CNC1CCCCC1CO. The molecule has 2 atom stereocenters. The van der Waals surface area contributed by atoms with Gasteiger partial charge in [-0.1, -0.05) is 23.2 Å². The molecular weight excluding hydrogens is 206 g/mol. The summed E-state index contributed by atoms with van der Waals surface area (Å²) in [7, 11) is 0. The van der Waals surface area contributed by atoms with E-state index in [9.17, 15) is 5.11 Å². The predicted octanol–water partition coefficient (Wildman–Crippen LogP) is 1.02. The van der Waals surface area contributed by atoms with Crippen LogP contribution in [0.1, 0.15) is 37.1 Å². The van der Waals surface area contributed by atoms with Crippen molar-refractivity contribution in [2.24, 2.45) is 5.92 Å². The summed E-state index contributed by atoms with van der Waals surface area (Å²) < 4.78 is 4.65. The lowest BCUT2D eigenvalue weighted by Crippen LogP contribution is -2.39. The van der Waals surface area contributed by atoms with Crippen molar-refractivity contribution in [3.8, 4) is 0 Å². The van der Waals surface area contributed by atoms with Crippen LogP contribution in [0.25, 0.3) is 0 Å². The number of aromatic nitrogens is 2. The Kier molecular flexibility index (Phi) is 3.90. The average Bonchev–Trinajstić information content (AvgIpc) is 2.72. The average molecular weight is 225 g/mol. The second-order valence-corrected chi connectivity index (χ2v) is 4.51. The Balaban J connectivity index is 1.86. The molecule has 0 spiro atoms. The highest BCUT2D eigenvalue weighted by atomic mass is 16.6. The highest BCUT2D eigenvalue weighted by Gasteiger charge is 2.24. The molecule has 5 nitrogen and oxygen atoms in total. The largest absolute Gasteiger partial charge is 0.396 e. The van der Waals surface area contributed by atoms with E-state index in [1.165, 1.54) is 12.8 Å². The number of aryl methyl sites for hydroxylation is 1. The van der Waals surface area contributed by atoms with Gasteiger partial charge in [0, 0.05) is 19.2 Å². The van der Waals surface area contributed by atoms with Crippen molar-refractivity contribution in [2.75, 3.05) is 6.61 Å². The van der Waals surface area contributed by atoms with E-state index in [1.54, 1.807) is 0 Å². The third-order valence-corrected chi connectivity index (χ3v) is 3.42. The normalized spacial score (nSPS) is 25.9. The Morgan fingerprint density at radius 3 is 2.88 bits per heavy atom. The summed E-state index contributed by atoms with van der Waals surface area (Å²) in [5.41, 5.74) is 1.70. The Morgan fingerprint density at radius 2 is 2.19 bits per heavy atom. The minimum absolute atomic E-state index is 0.272. The van der Waals surface area contributed by atoms with Gasteiger partial charge in [0.1, 0.15) is 11.4 Å². The zero-order chi connectivity index (χ0) is 11.4. The highest BCUT2D eigenvalue weighted by Crippen LogP contribution is 2.24. The fourth-order valence-corrected chi connectivity index (χ4v) is 2.33. The van der Waals surface area contributed by atoms with E-state index in [2.05, 4.69) is 20.3 Å². The first kappa shape index (κ1) is 11.5. The minimum atomic E-state index is 0.272. The van der Waals surface area contributed by atoms with Crippen LogP contribution in [0.3, 0.4) is 0 Å². The summed E-state index contributed by atoms with van der Waals surface area (Å²) in [6.07, 6.45) is 4.72. The quantitative estimate of drug-likeness (QED) is 0.800. The standard InChI is InChI=1S/C11H19N3O2/c1-8-11(14-16-13-8)6-12-10-5-3-2-4-9(10)7-15/h9-10,12,15H,2-7H2,1H3. The molecule has 2 N–H and O–H groups in total.